The monoisotopic (exact) mass is 408 g/mol. The summed E-state index contributed by atoms with van der Waals surface area (Å²) < 4.78 is 32.1. The van der Waals surface area contributed by atoms with Crippen molar-refractivity contribution >= 4 is 10.0 Å². The number of nitrogens with one attached hydrogen (secondary N) is 1. The van der Waals surface area contributed by atoms with Gasteiger partial charge in [-0.3, -0.25) is 5.32 Å². The van der Waals surface area contributed by atoms with Gasteiger partial charge in [-0.25, -0.2) is 8.42 Å². The third-order valence-electron chi connectivity index (χ3n) is 4.71. The summed E-state index contributed by atoms with van der Waals surface area (Å²) in [6.45, 7) is 14.7. The van der Waals surface area contributed by atoms with Gasteiger partial charge in [-0.15, -0.1) is 0 Å². The van der Waals surface area contributed by atoms with Crippen molar-refractivity contribution in [2.45, 2.75) is 70.9 Å². The van der Waals surface area contributed by atoms with Crippen molar-refractivity contribution in [3.63, 3.8) is 0 Å². The molecule has 7 nitrogen and oxygen atoms in total. The summed E-state index contributed by atoms with van der Waals surface area (Å²) in [7, 11) is -3.44. The minimum Gasteiger partial charge on any atom is -0.338 e. The van der Waals surface area contributed by atoms with E-state index in [4.69, 9.17) is 4.52 Å². The van der Waals surface area contributed by atoms with Crippen LogP contribution >= 0.6 is 0 Å². The smallest absolute Gasteiger partial charge is 0.243 e. The van der Waals surface area contributed by atoms with E-state index in [0.717, 1.165) is 5.56 Å². The summed E-state index contributed by atoms with van der Waals surface area (Å²) >= 11 is 0. The van der Waals surface area contributed by atoms with Crippen LogP contribution in [0.5, 0.6) is 0 Å². The van der Waals surface area contributed by atoms with E-state index >= 15 is 0 Å². The third kappa shape index (κ3) is 4.98. The Morgan fingerprint density at radius 1 is 1.07 bits per heavy atom. The second-order valence-electron chi connectivity index (χ2n) is 7.97. The molecule has 156 valence electrons. The molecule has 2 atom stereocenters. The van der Waals surface area contributed by atoms with E-state index in [1.54, 1.807) is 12.1 Å². The topological polar surface area (TPSA) is 88.3 Å². The van der Waals surface area contributed by atoms with Gasteiger partial charge >= 0.3 is 0 Å². The lowest BCUT2D eigenvalue weighted by Crippen LogP contribution is -2.30. The first-order valence-electron chi connectivity index (χ1n) is 9.70. The number of hydrogen-bond acceptors (Lipinski definition) is 6. The first-order chi connectivity index (χ1) is 13.0. The Hall–Kier alpha value is -1.77. The lowest BCUT2D eigenvalue weighted by atomic mass is 9.96. The highest BCUT2D eigenvalue weighted by Gasteiger charge is 2.24. The largest absolute Gasteiger partial charge is 0.338 e. The molecule has 0 fully saturated rings. The van der Waals surface area contributed by atoms with Gasteiger partial charge in [0.1, 0.15) is 0 Å². The van der Waals surface area contributed by atoms with Crippen LogP contribution < -0.4 is 5.32 Å². The van der Waals surface area contributed by atoms with Crippen LogP contribution in [0.2, 0.25) is 0 Å². The van der Waals surface area contributed by atoms with Crippen molar-refractivity contribution in [1.82, 2.24) is 19.8 Å². The summed E-state index contributed by atoms with van der Waals surface area (Å²) in [5.74, 6) is 1.22. The van der Waals surface area contributed by atoms with Gasteiger partial charge in [0.25, 0.3) is 0 Å². The molecule has 1 aromatic carbocycles. The van der Waals surface area contributed by atoms with Gasteiger partial charge in [-0.1, -0.05) is 51.9 Å². The van der Waals surface area contributed by atoms with E-state index in [2.05, 4.69) is 15.5 Å². The highest BCUT2D eigenvalue weighted by molar-refractivity contribution is 7.89. The van der Waals surface area contributed by atoms with Crippen LogP contribution in [0.15, 0.2) is 33.7 Å². The molecule has 1 heterocycles. The molecule has 8 heteroatoms. The number of hydrogen-bond donors (Lipinski definition) is 1. The quantitative estimate of drug-likeness (QED) is 0.714. The summed E-state index contributed by atoms with van der Waals surface area (Å²) in [5.41, 5.74) is 0.820. The molecule has 0 saturated heterocycles. The molecule has 0 bridgehead atoms. The van der Waals surface area contributed by atoms with Gasteiger partial charge < -0.3 is 4.52 Å². The van der Waals surface area contributed by atoms with Gasteiger partial charge in [0, 0.05) is 24.5 Å². The van der Waals surface area contributed by atoms with Crippen molar-refractivity contribution in [2.75, 3.05) is 13.1 Å². The van der Waals surface area contributed by atoms with Crippen molar-refractivity contribution < 1.29 is 12.9 Å². The summed E-state index contributed by atoms with van der Waals surface area (Å²) in [5, 5.41) is 7.49. The van der Waals surface area contributed by atoms with Crippen molar-refractivity contribution in [1.29, 1.82) is 0 Å². The minimum absolute atomic E-state index is 0.00908. The first kappa shape index (κ1) is 22.5. The fourth-order valence-corrected chi connectivity index (χ4v) is 4.36. The molecule has 0 aliphatic heterocycles. The van der Waals surface area contributed by atoms with E-state index < -0.39 is 10.0 Å². The summed E-state index contributed by atoms with van der Waals surface area (Å²) in [6.07, 6.45) is 0. The van der Waals surface area contributed by atoms with Crippen LogP contribution in [0, 0.1) is 0 Å². The fourth-order valence-electron chi connectivity index (χ4n) is 2.90. The van der Waals surface area contributed by atoms with Crippen LogP contribution in [0.1, 0.15) is 77.8 Å². The first-order valence-corrected chi connectivity index (χ1v) is 11.1. The molecule has 1 N–H and O–H groups in total. The van der Waals surface area contributed by atoms with Crippen LogP contribution in [0.4, 0.5) is 0 Å². The Balaban J connectivity index is 2.10. The number of benzene rings is 1. The zero-order chi connectivity index (χ0) is 21.1. The molecule has 2 unspecified atom stereocenters. The Morgan fingerprint density at radius 3 is 2.11 bits per heavy atom. The summed E-state index contributed by atoms with van der Waals surface area (Å²) in [4.78, 5) is 4.80. The number of nitrogens with zero attached hydrogens (tertiary/aromatic N) is 3. The standard InChI is InChI=1S/C20H32N4O3S/c1-8-24(9-2)28(25,26)17-12-10-16(11-13-17)14(3)21-15(4)18-22-19(23-27-18)20(5,6)7/h10-15,21H,8-9H2,1-7H3. The van der Waals surface area contributed by atoms with Gasteiger partial charge in [-0.05, 0) is 31.5 Å². The highest BCUT2D eigenvalue weighted by atomic mass is 32.2. The van der Waals surface area contributed by atoms with Gasteiger partial charge in [0.15, 0.2) is 5.82 Å². The van der Waals surface area contributed by atoms with Crippen molar-refractivity contribution in [3.8, 4) is 0 Å². The molecule has 0 saturated carbocycles. The lowest BCUT2D eigenvalue weighted by Gasteiger charge is -2.20. The Labute approximate surface area is 168 Å². The molecule has 1 aromatic heterocycles. The average molecular weight is 409 g/mol. The maximum Gasteiger partial charge on any atom is 0.243 e. The van der Waals surface area contributed by atoms with E-state index in [9.17, 15) is 8.42 Å². The molecule has 0 amide bonds. The molecular weight excluding hydrogens is 376 g/mol. The summed E-state index contributed by atoms with van der Waals surface area (Å²) in [6, 6.07) is 6.87. The van der Waals surface area contributed by atoms with Gasteiger partial charge in [0.05, 0.1) is 10.9 Å². The molecule has 0 spiro atoms. The third-order valence-corrected chi connectivity index (χ3v) is 6.77. The predicted octanol–water partition coefficient (Wildman–Crippen LogP) is 3.81. The predicted molar refractivity (Wildman–Crippen MR) is 110 cm³/mol. The van der Waals surface area contributed by atoms with Gasteiger partial charge in [-0.2, -0.15) is 9.29 Å². The zero-order valence-electron chi connectivity index (χ0n) is 17.9. The van der Waals surface area contributed by atoms with E-state index in [-0.39, 0.29) is 17.5 Å². The molecule has 2 aromatic rings. The van der Waals surface area contributed by atoms with E-state index in [1.807, 2.05) is 60.6 Å². The van der Waals surface area contributed by atoms with Gasteiger partial charge in [0.2, 0.25) is 15.9 Å². The number of aromatic nitrogens is 2. The van der Waals surface area contributed by atoms with Crippen molar-refractivity contribution in [2.24, 2.45) is 0 Å². The average Bonchev–Trinajstić information content (AvgIpc) is 3.13. The molecular formula is C20H32N4O3S. The lowest BCUT2D eigenvalue weighted by molar-refractivity contribution is 0.321. The Bertz CT molecular complexity index is 866. The fraction of sp³-hybridized carbons (Fsp3) is 0.600. The molecule has 28 heavy (non-hydrogen) atoms. The normalized spacial score (nSPS) is 15.0. The van der Waals surface area contributed by atoms with Crippen LogP contribution in [-0.4, -0.2) is 36.0 Å². The number of rotatable bonds is 8. The SMILES string of the molecule is CCN(CC)S(=O)(=O)c1ccc(C(C)NC(C)c2nc(C(C)(C)C)no2)cc1. The second kappa shape index (κ2) is 8.71. The molecule has 2 rings (SSSR count). The zero-order valence-corrected chi connectivity index (χ0v) is 18.7. The number of sulfonamides is 1. The van der Waals surface area contributed by atoms with Crippen LogP contribution in [0.3, 0.4) is 0 Å². The Kier molecular flexibility index (Phi) is 7.01. The Morgan fingerprint density at radius 2 is 1.64 bits per heavy atom. The molecule has 0 radical (unpaired) electrons. The van der Waals surface area contributed by atoms with Crippen LogP contribution in [-0.2, 0) is 15.4 Å². The van der Waals surface area contributed by atoms with E-state index in [0.29, 0.717) is 29.7 Å². The van der Waals surface area contributed by atoms with E-state index in [1.165, 1.54) is 4.31 Å². The maximum absolute atomic E-state index is 12.6. The molecule has 0 aliphatic rings. The molecule has 0 aliphatic carbocycles. The highest BCUT2D eigenvalue weighted by Crippen LogP contribution is 2.24. The second-order valence-corrected chi connectivity index (χ2v) is 9.91. The maximum atomic E-state index is 12.6. The van der Waals surface area contributed by atoms with Crippen LogP contribution in [0.25, 0.3) is 0 Å². The van der Waals surface area contributed by atoms with Crippen molar-refractivity contribution in [3.05, 3.63) is 41.5 Å². The minimum atomic E-state index is -3.44.